The van der Waals surface area contributed by atoms with Gasteiger partial charge in [-0.2, -0.15) is 13.2 Å². The van der Waals surface area contributed by atoms with Crippen LogP contribution in [0.1, 0.15) is 46.8 Å². The number of hydrogen-bond donors (Lipinski definition) is 3. The Kier molecular flexibility index (Phi) is 9.32. The van der Waals surface area contributed by atoms with E-state index in [1.807, 2.05) is 11.0 Å². The van der Waals surface area contributed by atoms with Crippen molar-refractivity contribution in [2.75, 3.05) is 55.8 Å². The van der Waals surface area contributed by atoms with Crippen molar-refractivity contribution in [2.24, 2.45) is 0 Å². The number of methoxy groups -OCH3 is 1. The number of ether oxygens (including phenoxy) is 1. The van der Waals surface area contributed by atoms with Gasteiger partial charge < -0.3 is 25.6 Å². The molecule has 0 unspecified atom stereocenters. The van der Waals surface area contributed by atoms with Crippen molar-refractivity contribution in [3.63, 3.8) is 0 Å². The zero-order valence-electron chi connectivity index (χ0n) is 26.6. The second-order valence-corrected chi connectivity index (χ2v) is 11.9. The zero-order chi connectivity index (χ0) is 33.1. The number of alkyl halides is 3. The number of benzene rings is 2. The molecule has 0 atom stereocenters. The molecule has 1 aliphatic carbocycles. The molecule has 1 saturated carbocycles. The van der Waals surface area contributed by atoms with Crippen molar-refractivity contribution in [1.82, 2.24) is 29.3 Å². The topological polar surface area (TPSA) is 112 Å². The largest absolute Gasteiger partial charge is 0.497 e. The number of nitrogens with one attached hydrogen (secondary N) is 3. The maximum Gasteiger partial charge on any atom is 0.416 e. The molecule has 3 N–H and O–H groups in total. The number of likely N-dealkylation sites (N-methyl/N-ethyl adjacent to an activating group) is 1. The summed E-state index contributed by atoms with van der Waals surface area (Å²) in [5.41, 5.74) is 0.746. The van der Waals surface area contributed by atoms with E-state index >= 15 is 0 Å². The van der Waals surface area contributed by atoms with Gasteiger partial charge in [-0.1, -0.05) is 13.0 Å². The van der Waals surface area contributed by atoms with Gasteiger partial charge in [0.15, 0.2) is 0 Å². The van der Waals surface area contributed by atoms with E-state index in [0.717, 1.165) is 38.5 Å². The first kappa shape index (κ1) is 32.3. The van der Waals surface area contributed by atoms with Crippen molar-refractivity contribution in [2.45, 2.75) is 45.5 Å². The van der Waals surface area contributed by atoms with Crippen LogP contribution in [0.5, 0.6) is 5.75 Å². The maximum absolute atomic E-state index is 14.3. The van der Waals surface area contributed by atoms with Gasteiger partial charge in [0.1, 0.15) is 23.7 Å². The minimum atomic E-state index is -4.58. The standard InChI is InChI=1S/C33H38F3N9O2/c1-4-43-9-11-44(12-10-43)19-23-13-21(2)28(17-27(23)33(34,35)36)42-31(46)22-14-25(16-26(15-22)47-3)41-32-37-7-8-45(32)30-18-29(38-20-39-30)40-24-5-6-24/h7-8,13-18,20,24H,4-6,9-12,19H2,1-3H3,(H,37,41)(H,42,46)(H,38,39,40). The van der Waals surface area contributed by atoms with E-state index in [4.69, 9.17) is 4.74 Å². The first-order valence-corrected chi connectivity index (χ1v) is 15.6. The summed E-state index contributed by atoms with van der Waals surface area (Å²) in [5, 5.41) is 9.25. The highest BCUT2D eigenvalue weighted by molar-refractivity contribution is 6.05. The summed E-state index contributed by atoms with van der Waals surface area (Å²) in [5.74, 6) is 1.53. The van der Waals surface area contributed by atoms with Crippen LogP contribution in [0.25, 0.3) is 5.82 Å². The summed E-state index contributed by atoms with van der Waals surface area (Å²) in [6, 6.07) is 9.62. The van der Waals surface area contributed by atoms with Crippen molar-refractivity contribution >= 4 is 29.0 Å². The van der Waals surface area contributed by atoms with E-state index in [9.17, 15) is 18.0 Å². The van der Waals surface area contributed by atoms with Crippen LogP contribution < -0.4 is 20.7 Å². The summed E-state index contributed by atoms with van der Waals surface area (Å²) in [7, 11) is 1.47. The molecule has 11 nitrogen and oxygen atoms in total. The van der Waals surface area contributed by atoms with Crippen LogP contribution in [0, 0.1) is 6.92 Å². The van der Waals surface area contributed by atoms with E-state index in [1.54, 1.807) is 36.0 Å². The van der Waals surface area contributed by atoms with Gasteiger partial charge in [0.2, 0.25) is 5.95 Å². The summed E-state index contributed by atoms with van der Waals surface area (Å²) >= 11 is 0. The predicted octanol–water partition coefficient (Wildman–Crippen LogP) is 5.71. The van der Waals surface area contributed by atoms with Crippen LogP contribution in [0.2, 0.25) is 0 Å². The van der Waals surface area contributed by atoms with Crippen LogP contribution in [0.4, 0.5) is 36.3 Å². The highest BCUT2D eigenvalue weighted by Crippen LogP contribution is 2.36. The lowest BCUT2D eigenvalue weighted by atomic mass is 10.0. The molecule has 2 fully saturated rings. The van der Waals surface area contributed by atoms with Crippen molar-refractivity contribution in [3.05, 3.63) is 77.4 Å². The summed E-state index contributed by atoms with van der Waals surface area (Å²) in [4.78, 5) is 30.9. The smallest absolute Gasteiger partial charge is 0.416 e. The van der Waals surface area contributed by atoms with Gasteiger partial charge >= 0.3 is 6.18 Å². The minimum absolute atomic E-state index is 0.0918. The Hall–Kier alpha value is -4.69. The number of nitrogens with zero attached hydrogens (tertiary/aromatic N) is 6. The van der Waals surface area contributed by atoms with Crippen LogP contribution in [0.15, 0.2) is 55.1 Å². The first-order valence-electron chi connectivity index (χ1n) is 15.6. The number of aryl methyl sites for hydroxylation is 1. The van der Waals surface area contributed by atoms with Crippen LogP contribution in [-0.4, -0.2) is 81.1 Å². The van der Waals surface area contributed by atoms with Crippen LogP contribution >= 0.6 is 0 Å². The van der Waals surface area contributed by atoms with Gasteiger partial charge in [0.05, 0.1) is 12.7 Å². The highest BCUT2D eigenvalue weighted by Gasteiger charge is 2.35. The molecule has 4 aromatic rings. The second-order valence-electron chi connectivity index (χ2n) is 11.9. The predicted molar refractivity (Wildman–Crippen MR) is 174 cm³/mol. The number of halogens is 3. The number of anilines is 4. The molecule has 2 aliphatic rings. The molecule has 0 radical (unpaired) electrons. The zero-order valence-corrected chi connectivity index (χ0v) is 26.6. The van der Waals surface area contributed by atoms with Gasteiger partial charge in [-0.15, -0.1) is 0 Å². The molecule has 6 rings (SSSR count). The third-order valence-electron chi connectivity index (χ3n) is 8.44. The molecular weight excluding hydrogens is 611 g/mol. The van der Waals surface area contributed by atoms with Gasteiger partial charge in [0.25, 0.3) is 5.91 Å². The fourth-order valence-corrected chi connectivity index (χ4v) is 5.62. The molecular formula is C33H38F3N9O2. The first-order chi connectivity index (χ1) is 22.6. The molecule has 3 heterocycles. The minimum Gasteiger partial charge on any atom is -0.497 e. The Morgan fingerprint density at radius 1 is 1.00 bits per heavy atom. The number of amides is 1. The monoisotopic (exact) mass is 649 g/mol. The molecule has 14 heteroatoms. The summed E-state index contributed by atoms with van der Waals surface area (Å²) in [6.07, 6.45) is 2.46. The average Bonchev–Trinajstić information content (AvgIpc) is 3.75. The molecule has 1 amide bonds. The number of hydrogen-bond acceptors (Lipinski definition) is 9. The van der Waals surface area contributed by atoms with Crippen LogP contribution in [-0.2, 0) is 12.7 Å². The van der Waals surface area contributed by atoms with Gasteiger partial charge in [0, 0.05) is 80.2 Å². The average molecular weight is 650 g/mol. The van der Waals surface area contributed by atoms with Crippen molar-refractivity contribution < 1.29 is 22.7 Å². The van der Waals surface area contributed by atoms with E-state index in [-0.39, 0.29) is 23.4 Å². The molecule has 0 bridgehead atoms. The molecule has 0 spiro atoms. The number of carbonyl (C=O) groups excluding carboxylic acids is 1. The third kappa shape index (κ3) is 7.83. The fourth-order valence-electron chi connectivity index (χ4n) is 5.62. The molecule has 1 aliphatic heterocycles. The Morgan fingerprint density at radius 3 is 2.47 bits per heavy atom. The molecule has 47 heavy (non-hydrogen) atoms. The molecule has 2 aromatic carbocycles. The third-order valence-corrected chi connectivity index (χ3v) is 8.44. The normalized spacial score (nSPS) is 15.8. The number of imidazole rings is 1. The lowest BCUT2D eigenvalue weighted by Gasteiger charge is -2.34. The molecule has 248 valence electrons. The number of carbonyl (C=O) groups is 1. The lowest BCUT2D eigenvalue weighted by Crippen LogP contribution is -2.45. The summed E-state index contributed by atoms with van der Waals surface area (Å²) < 4.78 is 50.0. The van der Waals surface area contributed by atoms with E-state index in [1.165, 1.54) is 25.6 Å². The second kappa shape index (κ2) is 13.6. The van der Waals surface area contributed by atoms with Gasteiger partial charge in [-0.3, -0.25) is 14.3 Å². The van der Waals surface area contributed by atoms with Gasteiger partial charge in [-0.25, -0.2) is 15.0 Å². The quantitative estimate of drug-likeness (QED) is 0.188. The fraction of sp³-hybridized carbons (Fsp3) is 0.394. The highest BCUT2D eigenvalue weighted by atomic mass is 19.4. The SMILES string of the molecule is CCN1CCN(Cc2cc(C)c(NC(=O)c3cc(Nc4nccn4-c4cc(NC5CC5)ncn4)cc(OC)c3)cc2C(F)(F)F)CC1. The van der Waals surface area contributed by atoms with Crippen molar-refractivity contribution in [3.8, 4) is 11.6 Å². The van der Waals surface area contributed by atoms with Crippen LogP contribution in [0.3, 0.4) is 0 Å². The van der Waals surface area contributed by atoms with E-state index < -0.39 is 17.6 Å². The number of piperazine rings is 1. The molecule has 1 saturated heterocycles. The van der Waals surface area contributed by atoms with Gasteiger partial charge in [-0.05, 0) is 55.6 Å². The Bertz CT molecular complexity index is 1730. The van der Waals surface area contributed by atoms with Crippen molar-refractivity contribution in [1.29, 1.82) is 0 Å². The maximum atomic E-state index is 14.3. The Labute approximate surface area is 271 Å². The lowest BCUT2D eigenvalue weighted by molar-refractivity contribution is -0.138. The molecule has 2 aromatic heterocycles. The Balaban J connectivity index is 1.21. The van der Waals surface area contributed by atoms with E-state index in [0.29, 0.717) is 53.7 Å². The number of aromatic nitrogens is 4. The number of rotatable bonds is 11. The summed E-state index contributed by atoms with van der Waals surface area (Å²) in [6.45, 7) is 7.94. The van der Waals surface area contributed by atoms with E-state index in [2.05, 4.69) is 42.7 Å². The Morgan fingerprint density at radius 2 is 1.77 bits per heavy atom.